The molecule has 112 valence electrons. The molecule has 1 aromatic heterocycles. The Balaban J connectivity index is 2.08. The zero-order valence-electron chi connectivity index (χ0n) is 12.3. The Morgan fingerprint density at radius 2 is 1.41 bits per heavy atom. The second-order valence-electron chi connectivity index (χ2n) is 5.18. The largest absolute Gasteiger partial charge is 0.508 e. The molecule has 0 aliphatic carbocycles. The van der Waals surface area contributed by atoms with Crippen LogP contribution in [0.3, 0.4) is 0 Å². The van der Waals surface area contributed by atoms with E-state index in [0.717, 1.165) is 41.0 Å². The van der Waals surface area contributed by atoms with Crippen LogP contribution in [-0.4, -0.2) is 15.4 Å². The Labute approximate surface area is 128 Å². The van der Waals surface area contributed by atoms with E-state index >= 15 is 0 Å². The van der Waals surface area contributed by atoms with Gasteiger partial charge in [-0.05, 0) is 55.0 Å². The zero-order chi connectivity index (χ0) is 15.5. The Morgan fingerprint density at radius 1 is 0.864 bits per heavy atom. The first-order chi connectivity index (χ1) is 10.7. The molecule has 0 aliphatic heterocycles. The van der Waals surface area contributed by atoms with Crippen molar-refractivity contribution in [3.63, 3.8) is 0 Å². The van der Waals surface area contributed by atoms with Crippen molar-refractivity contribution in [1.82, 2.24) is 5.16 Å². The van der Waals surface area contributed by atoms with Gasteiger partial charge in [0.15, 0.2) is 5.76 Å². The quantitative estimate of drug-likeness (QED) is 0.750. The van der Waals surface area contributed by atoms with E-state index in [-0.39, 0.29) is 11.5 Å². The van der Waals surface area contributed by atoms with Crippen molar-refractivity contribution in [1.29, 1.82) is 0 Å². The number of aromatic hydroxyl groups is 2. The van der Waals surface area contributed by atoms with Crippen LogP contribution >= 0.6 is 0 Å². The average molecular weight is 295 g/mol. The fourth-order valence-electron chi connectivity index (χ4n) is 2.48. The molecule has 2 aromatic carbocycles. The lowest BCUT2D eigenvalue weighted by atomic mass is 9.99. The van der Waals surface area contributed by atoms with Crippen LogP contribution in [0.15, 0.2) is 53.1 Å². The van der Waals surface area contributed by atoms with Crippen molar-refractivity contribution in [3.05, 3.63) is 54.1 Å². The highest BCUT2D eigenvalue weighted by Gasteiger charge is 2.18. The number of rotatable bonds is 4. The number of phenols is 2. The molecule has 2 N–H and O–H groups in total. The van der Waals surface area contributed by atoms with E-state index in [0.29, 0.717) is 0 Å². The van der Waals surface area contributed by atoms with Crippen LogP contribution in [0.2, 0.25) is 0 Å². The summed E-state index contributed by atoms with van der Waals surface area (Å²) in [5, 5.41) is 23.0. The Bertz CT molecular complexity index is 695. The molecule has 0 aliphatic rings. The van der Waals surface area contributed by atoms with Gasteiger partial charge in [0.25, 0.3) is 0 Å². The summed E-state index contributed by atoms with van der Waals surface area (Å²) < 4.78 is 5.56. The van der Waals surface area contributed by atoms with Gasteiger partial charge in [0.1, 0.15) is 17.2 Å². The van der Waals surface area contributed by atoms with Crippen molar-refractivity contribution < 1.29 is 14.7 Å². The summed E-state index contributed by atoms with van der Waals surface area (Å²) in [6, 6.07) is 13.8. The second kappa shape index (κ2) is 5.93. The van der Waals surface area contributed by atoms with Crippen LogP contribution in [0.4, 0.5) is 0 Å². The molecule has 0 radical (unpaired) electrons. The van der Waals surface area contributed by atoms with Crippen LogP contribution in [-0.2, 0) is 6.42 Å². The minimum atomic E-state index is 0.221. The summed E-state index contributed by atoms with van der Waals surface area (Å²) in [4.78, 5) is 0. The topological polar surface area (TPSA) is 66.5 Å². The van der Waals surface area contributed by atoms with Gasteiger partial charge in [-0.15, -0.1) is 0 Å². The molecule has 0 amide bonds. The van der Waals surface area contributed by atoms with Gasteiger partial charge in [0, 0.05) is 16.7 Å². The predicted octanol–water partition coefficient (Wildman–Crippen LogP) is 4.37. The van der Waals surface area contributed by atoms with Crippen LogP contribution in [0, 0.1) is 0 Å². The van der Waals surface area contributed by atoms with Gasteiger partial charge in [0.2, 0.25) is 0 Å². The maximum absolute atomic E-state index is 9.42. The smallest absolute Gasteiger partial charge is 0.170 e. The van der Waals surface area contributed by atoms with Crippen molar-refractivity contribution in [2.45, 2.75) is 19.8 Å². The third kappa shape index (κ3) is 2.68. The van der Waals surface area contributed by atoms with E-state index in [1.54, 1.807) is 24.3 Å². The third-order valence-electron chi connectivity index (χ3n) is 3.56. The van der Waals surface area contributed by atoms with E-state index in [1.165, 1.54) is 0 Å². The molecule has 4 heteroatoms. The van der Waals surface area contributed by atoms with Crippen molar-refractivity contribution in [2.75, 3.05) is 0 Å². The molecule has 0 unspecified atom stereocenters. The SMILES string of the molecule is CCCc1c(-c2ccc(O)cc2)noc1-c1ccc(O)cc1. The maximum Gasteiger partial charge on any atom is 0.170 e. The van der Waals surface area contributed by atoms with Crippen LogP contribution in [0.25, 0.3) is 22.6 Å². The summed E-state index contributed by atoms with van der Waals surface area (Å²) in [5.41, 5.74) is 3.64. The van der Waals surface area contributed by atoms with Crippen molar-refractivity contribution in [3.8, 4) is 34.1 Å². The van der Waals surface area contributed by atoms with Gasteiger partial charge < -0.3 is 14.7 Å². The van der Waals surface area contributed by atoms with E-state index in [4.69, 9.17) is 4.52 Å². The van der Waals surface area contributed by atoms with Crippen LogP contribution in [0.1, 0.15) is 18.9 Å². The lowest BCUT2D eigenvalue weighted by Gasteiger charge is -2.04. The standard InChI is InChI=1S/C18H17NO3/c1-2-3-16-17(12-4-8-14(20)9-5-12)19-22-18(16)13-6-10-15(21)11-7-13/h4-11,20-21H,2-3H2,1H3. The average Bonchev–Trinajstić information content (AvgIpc) is 2.93. The van der Waals surface area contributed by atoms with Gasteiger partial charge in [-0.3, -0.25) is 0 Å². The molecule has 0 atom stereocenters. The Morgan fingerprint density at radius 3 is 1.95 bits per heavy atom. The minimum absolute atomic E-state index is 0.221. The van der Waals surface area contributed by atoms with Gasteiger partial charge in [0.05, 0.1) is 0 Å². The molecule has 4 nitrogen and oxygen atoms in total. The first kappa shape index (κ1) is 14.2. The molecule has 3 rings (SSSR count). The first-order valence-corrected chi connectivity index (χ1v) is 7.26. The molecule has 0 spiro atoms. The Hall–Kier alpha value is -2.75. The summed E-state index contributed by atoms with van der Waals surface area (Å²) >= 11 is 0. The monoisotopic (exact) mass is 295 g/mol. The molecule has 1 heterocycles. The fraction of sp³-hybridized carbons (Fsp3) is 0.167. The van der Waals surface area contributed by atoms with Gasteiger partial charge >= 0.3 is 0 Å². The normalized spacial score (nSPS) is 10.8. The van der Waals surface area contributed by atoms with Crippen LogP contribution < -0.4 is 0 Å². The summed E-state index contributed by atoms with van der Waals surface area (Å²) in [6.45, 7) is 2.11. The molecule has 0 saturated heterocycles. The third-order valence-corrected chi connectivity index (χ3v) is 3.56. The maximum atomic E-state index is 9.42. The number of aromatic nitrogens is 1. The second-order valence-corrected chi connectivity index (χ2v) is 5.18. The lowest BCUT2D eigenvalue weighted by molar-refractivity contribution is 0.434. The van der Waals surface area contributed by atoms with E-state index in [1.807, 2.05) is 24.3 Å². The summed E-state index contributed by atoms with van der Waals surface area (Å²) in [5.74, 6) is 1.17. The molecular formula is C18H17NO3. The Kier molecular flexibility index (Phi) is 3.83. The highest BCUT2D eigenvalue weighted by molar-refractivity contribution is 5.73. The first-order valence-electron chi connectivity index (χ1n) is 7.26. The number of hydrogen-bond donors (Lipinski definition) is 2. The molecule has 0 fully saturated rings. The van der Waals surface area contributed by atoms with Gasteiger partial charge in [-0.25, -0.2) is 0 Å². The molecular weight excluding hydrogens is 278 g/mol. The number of nitrogens with zero attached hydrogens (tertiary/aromatic N) is 1. The van der Waals surface area contributed by atoms with Crippen molar-refractivity contribution >= 4 is 0 Å². The van der Waals surface area contributed by atoms with Crippen molar-refractivity contribution in [2.24, 2.45) is 0 Å². The highest BCUT2D eigenvalue weighted by atomic mass is 16.5. The van der Waals surface area contributed by atoms with Gasteiger partial charge in [-0.2, -0.15) is 0 Å². The molecule has 22 heavy (non-hydrogen) atoms. The number of benzene rings is 2. The van der Waals surface area contributed by atoms with E-state index in [2.05, 4.69) is 12.1 Å². The molecule has 0 saturated carbocycles. The van der Waals surface area contributed by atoms with E-state index < -0.39 is 0 Å². The number of phenolic OH excluding ortho intramolecular Hbond substituents is 2. The van der Waals surface area contributed by atoms with Crippen LogP contribution in [0.5, 0.6) is 11.5 Å². The molecule has 0 bridgehead atoms. The fourth-order valence-corrected chi connectivity index (χ4v) is 2.48. The molecule has 3 aromatic rings. The minimum Gasteiger partial charge on any atom is -0.508 e. The predicted molar refractivity (Wildman–Crippen MR) is 84.7 cm³/mol. The van der Waals surface area contributed by atoms with Gasteiger partial charge in [-0.1, -0.05) is 18.5 Å². The summed E-state index contributed by atoms with van der Waals surface area (Å²) in [6.07, 6.45) is 1.81. The highest BCUT2D eigenvalue weighted by Crippen LogP contribution is 2.34. The lowest BCUT2D eigenvalue weighted by Crippen LogP contribution is -1.89. The summed E-state index contributed by atoms with van der Waals surface area (Å²) in [7, 11) is 0. The number of hydrogen-bond acceptors (Lipinski definition) is 4. The zero-order valence-corrected chi connectivity index (χ0v) is 12.3. The van der Waals surface area contributed by atoms with E-state index in [9.17, 15) is 10.2 Å².